The van der Waals surface area contributed by atoms with Crippen molar-refractivity contribution in [1.82, 2.24) is 9.97 Å². The molecule has 23 heavy (non-hydrogen) atoms. The molecule has 1 aromatic carbocycles. The highest BCUT2D eigenvalue weighted by Crippen LogP contribution is 2.35. The minimum Gasteiger partial charge on any atom is -0.364 e. The average Bonchev–Trinajstić information content (AvgIpc) is 2.51. The first kappa shape index (κ1) is 15.6. The van der Waals surface area contributed by atoms with E-state index in [2.05, 4.69) is 14.9 Å². The predicted octanol–water partition coefficient (Wildman–Crippen LogP) is 3.17. The van der Waals surface area contributed by atoms with Crippen molar-refractivity contribution in [2.24, 2.45) is 0 Å². The molecule has 2 heterocycles. The summed E-state index contributed by atoms with van der Waals surface area (Å²) in [6.07, 6.45) is -0.694. The topological polar surface area (TPSA) is 32.3 Å². The number of para-hydroxylation sites is 2. The molecule has 1 aliphatic rings. The number of anilines is 2. The lowest BCUT2D eigenvalue weighted by molar-refractivity contribution is -0.119. The maximum atomic E-state index is 12.7. The summed E-state index contributed by atoms with van der Waals surface area (Å²) < 4.78 is 38.2. The normalized spacial score (nSPS) is 14.8. The van der Waals surface area contributed by atoms with Gasteiger partial charge in [0.15, 0.2) is 0 Å². The molecule has 0 saturated heterocycles. The molecule has 0 unspecified atom stereocenters. The van der Waals surface area contributed by atoms with E-state index in [1.165, 1.54) is 4.90 Å². The summed E-state index contributed by atoms with van der Waals surface area (Å²) in [6, 6.07) is 7.20. The van der Waals surface area contributed by atoms with Crippen LogP contribution in [0.2, 0.25) is 0 Å². The largest absolute Gasteiger partial charge is 0.405 e. The minimum absolute atomic E-state index is 0.337. The van der Waals surface area contributed by atoms with Crippen LogP contribution in [0.15, 0.2) is 36.7 Å². The van der Waals surface area contributed by atoms with Crippen molar-refractivity contribution in [2.45, 2.75) is 19.6 Å². The maximum absolute atomic E-state index is 12.7. The highest BCUT2D eigenvalue weighted by molar-refractivity contribution is 5.73. The Morgan fingerprint density at radius 3 is 2.17 bits per heavy atom. The Morgan fingerprint density at radius 1 is 1.00 bits per heavy atom. The number of aryl methyl sites for hydroxylation is 1. The molecule has 0 amide bonds. The fourth-order valence-corrected chi connectivity index (χ4v) is 2.75. The van der Waals surface area contributed by atoms with E-state index in [4.69, 9.17) is 0 Å². The van der Waals surface area contributed by atoms with E-state index in [1.807, 2.05) is 19.1 Å². The van der Waals surface area contributed by atoms with Gasteiger partial charge >= 0.3 is 6.18 Å². The van der Waals surface area contributed by atoms with Crippen molar-refractivity contribution >= 4 is 11.4 Å². The van der Waals surface area contributed by atoms with Crippen LogP contribution in [0.4, 0.5) is 24.5 Å². The van der Waals surface area contributed by atoms with Crippen molar-refractivity contribution in [3.8, 4) is 0 Å². The second-order valence-corrected chi connectivity index (χ2v) is 5.59. The molecule has 2 aromatic rings. The molecule has 0 radical (unpaired) electrons. The Hall–Kier alpha value is -2.31. The van der Waals surface area contributed by atoms with Gasteiger partial charge in [-0.25, -0.2) is 9.97 Å². The number of nitrogens with zero attached hydrogens (tertiary/aromatic N) is 4. The summed E-state index contributed by atoms with van der Waals surface area (Å²) in [6.45, 7) is 2.34. The van der Waals surface area contributed by atoms with Crippen LogP contribution in [-0.4, -0.2) is 35.8 Å². The Balaban J connectivity index is 1.83. The van der Waals surface area contributed by atoms with Gasteiger partial charge in [0.05, 0.1) is 11.4 Å². The SMILES string of the molecule is Cc1ncc(CN2CCN(CC(F)(F)F)c3ccccc32)cn1. The van der Waals surface area contributed by atoms with Gasteiger partial charge in [-0.15, -0.1) is 0 Å². The third-order valence-corrected chi connectivity index (χ3v) is 3.78. The summed E-state index contributed by atoms with van der Waals surface area (Å²) in [5.41, 5.74) is 2.36. The van der Waals surface area contributed by atoms with E-state index in [-0.39, 0.29) is 0 Å². The smallest absolute Gasteiger partial charge is 0.364 e. The van der Waals surface area contributed by atoms with E-state index in [1.54, 1.807) is 24.5 Å². The second kappa shape index (κ2) is 6.06. The minimum atomic E-state index is -4.21. The van der Waals surface area contributed by atoms with Crippen LogP contribution in [0.1, 0.15) is 11.4 Å². The average molecular weight is 322 g/mol. The Morgan fingerprint density at radius 2 is 1.57 bits per heavy atom. The number of alkyl halides is 3. The Kier molecular flexibility index (Phi) is 4.11. The van der Waals surface area contributed by atoms with Gasteiger partial charge in [0.2, 0.25) is 0 Å². The van der Waals surface area contributed by atoms with Gasteiger partial charge in [-0.2, -0.15) is 13.2 Å². The van der Waals surface area contributed by atoms with Gasteiger partial charge in [0.1, 0.15) is 12.4 Å². The molecule has 0 spiro atoms. The van der Waals surface area contributed by atoms with Crippen LogP contribution in [0.5, 0.6) is 0 Å². The van der Waals surface area contributed by atoms with Gasteiger partial charge in [-0.05, 0) is 19.1 Å². The van der Waals surface area contributed by atoms with Crippen LogP contribution in [-0.2, 0) is 6.54 Å². The number of hydrogen-bond acceptors (Lipinski definition) is 4. The standard InChI is InChI=1S/C16H17F3N4/c1-12-20-8-13(9-21-12)10-22-6-7-23(11-16(17,18)19)15-5-3-2-4-14(15)22/h2-5,8-9H,6-7,10-11H2,1H3. The molecular formula is C16H17F3N4. The lowest BCUT2D eigenvalue weighted by atomic mass is 10.1. The van der Waals surface area contributed by atoms with Crippen molar-refractivity contribution in [2.75, 3.05) is 29.4 Å². The zero-order chi connectivity index (χ0) is 16.4. The summed E-state index contributed by atoms with van der Waals surface area (Å²) in [7, 11) is 0. The van der Waals surface area contributed by atoms with E-state index >= 15 is 0 Å². The molecule has 0 atom stereocenters. The summed E-state index contributed by atoms with van der Waals surface area (Å²) in [4.78, 5) is 11.8. The number of rotatable bonds is 3. The lowest BCUT2D eigenvalue weighted by Crippen LogP contribution is -2.44. The lowest BCUT2D eigenvalue weighted by Gasteiger charge is -2.39. The van der Waals surface area contributed by atoms with Crippen molar-refractivity contribution in [3.05, 3.63) is 48.0 Å². The van der Waals surface area contributed by atoms with Crippen molar-refractivity contribution in [1.29, 1.82) is 0 Å². The van der Waals surface area contributed by atoms with E-state index < -0.39 is 12.7 Å². The second-order valence-electron chi connectivity index (χ2n) is 5.59. The molecule has 0 bridgehead atoms. The summed E-state index contributed by atoms with van der Waals surface area (Å²) in [5.74, 6) is 0.698. The van der Waals surface area contributed by atoms with Crippen LogP contribution in [0, 0.1) is 6.92 Å². The van der Waals surface area contributed by atoms with Crippen LogP contribution >= 0.6 is 0 Å². The maximum Gasteiger partial charge on any atom is 0.405 e. The first-order valence-electron chi connectivity index (χ1n) is 7.35. The highest BCUT2D eigenvalue weighted by Gasteiger charge is 2.33. The Bertz CT molecular complexity index is 670. The molecule has 1 aromatic heterocycles. The van der Waals surface area contributed by atoms with Gasteiger partial charge in [0, 0.05) is 37.6 Å². The van der Waals surface area contributed by atoms with Crippen LogP contribution < -0.4 is 9.80 Å². The molecule has 7 heteroatoms. The zero-order valence-electron chi connectivity index (χ0n) is 12.7. The number of halogens is 3. The molecule has 0 saturated carbocycles. The summed E-state index contributed by atoms with van der Waals surface area (Å²) in [5, 5.41) is 0. The molecule has 0 aliphatic carbocycles. The first-order valence-corrected chi connectivity index (χ1v) is 7.35. The Labute approximate surface area is 132 Å². The van der Waals surface area contributed by atoms with Gasteiger partial charge in [-0.3, -0.25) is 0 Å². The fraction of sp³-hybridized carbons (Fsp3) is 0.375. The number of aromatic nitrogens is 2. The molecule has 0 fully saturated rings. The molecule has 4 nitrogen and oxygen atoms in total. The van der Waals surface area contributed by atoms with E-state index in [0.717, 1.165) is 11.3 Å². The van der Waals surface area contributed by atoms with Crippen molar-refractivity contribution in [3.63, 3.8) is 0 Å². The quantitative estimate of drug-likeness (QED) is 0.869. The third kappa shape index (κ3) is 3.72. The van der Waals surface area contributed by atoms with E-state index in [9.17, 15) is 13.2 Å². The van der Waals surface area contributed by atoms with E-state index in [0.29, 0.717) is 31.1 Å². The molecule has 3 rings (SSSR count). The van der Waals surface area contributed by atoms with Gasteiger partial charge in [-0.1, -0.05) is 12.1 Å². The number of benzene rings is 1. The van der Waals surface area contributed by atoms with Gasteiger partial charge in [0.25, 0.3) is 0 Å². The molecule has 0 N–H and O–H groups in total. The monoisotopic (exact) mass is 322 g/mol. The van der Waals surface area contributed by atoms with Crippen molar-refractivity contribution < 1.29 is 13.2 Å². The van der Waals surface area contributed by atoms with Gasteiger partial charge < -0.3 is 9.80 Å². The number of fused-ring (bicyclic) bond motifs is 1. The summed E-state index contributed by atoms with van der Waals surface area (Å²) >= 11 is 0. The zero-order valence-corrected chi connectivity index (χ0v) is 12.7. The fourth-order valence-electron chi connectivity index (χ4n) is 2.75. The molecular weight excluding hydrogens is 305 g/mol. The predicted molar refractivity (Wildman–Crippen MR) is 82.5 cm³/mol. The highest BCUT2D eigenvalue weighted by atomic mass is 19.4. The molecule has 1 aliphatic heterocycles. The third-order valence-electron chi connectivity index (χ3n) is 3.78. The molecule has 122 valence electrons. The van der Waals surface area contributed by atoms with Crippen LogP contribution in [0.3, 0.4) is 0 Å². The number of hydrogen-bond donors (Lipinski definition) is 0. The first-order chi connectivity index (χ1) is 10.9. The van der Waals surface area contributed by atoms with Crippen LogP contribution in [0.25, 0.3) is 0 Å².